The Balaban J connectivity index is 2.05. The third kappa shape index (κ3) is 2.93. The minimum atomic E-state index is -0.501. The average molecular weight is 259 g/mol. The first-order valence-corrected chi connectivity index (χ1v) is 6.15. The molecular weight excluding hydrogens is 242 g/mol. The lowest BCUT2D eigenvalue weighted by atomic mass is 10.2. The fourth-order valence-corrected chi connectivity index (χ4v) is 1.85. The zero-order valence-electron chi connectivity index (χ0n) is 11.1. The predicted octanol–water partition coefficient (Wildman–Crippen LogP) is 0.968. The fraction of sp³-hybridized carbons (Fsp3) is 0.286. The lowest BCUT2D eigenvalue weighted by Gasteiger charge is -2.10. The SMILES string of the molecule is Cc1ccccc1NCCn1ccn(C)c(=O)c1=O. The molecule has 1 N–H and O–H groups in total. The molecule has 0 fully saturated rings. The monoisotopic (exact) mass is 259 g/mol. The van der Waals surface area contributed by atoms with Gasteiger partial charge < -0.3 is 14.5 Å². The maximum absolute atomic E-state index is 11.7. The van der Waals surface area contributed by atoms with Gasteiger partial charge in [-0.25, -0.2) is 0 Å². The quantitative estimate of drug-likeness (QED) is 0.832. The molecule has 1 heterocycles. The van der Waals surface area contributed by atoms with Gasteiger partial charge in [-0.3, -0.25) is 9.59 Å². The number of hydrogen-bond acceptors (Lipinski definition) is 3. The third-order valence-corrected chi connectivity index (χ3v) is 3.05. The molecule has 100 valence electrons. The summed E-state index contributed by atoms with van der Waals surface area (Å²) in [6.07, 6.45) is 3.22. The standard InChI is InChI=1S/C14H17N3O2/c1-11-5-3-4-6-12(11)15-7-8-17-10-9-16(2)13(18)14(17)19/h3-6,9-10,15H,7-8H2,1-2H3. The molecule has 1 aromatic heterocycles. The molecule has 5 nitrogen and oxygen atoms in total. The van der Waals surface area contributed by atoms with E-state index in [1.54, 1.807) is 19.4 Å². The first-order chi connectivity index (χ1) is 9.09. The number of aryl methyl sites for hydroxylation is 2. The first kappa shape index (κ1) is 13.1. The Morgan fingerprint density at radius 1 is 1.11 bits per heavy atom. The number of para-hydroxylation sites is 1. The van der Waals surface area contributed by atoms with E-state index in [2.05, 4.69) is 5.32 Å². The largest absolute Gasteiger partial charge is 0.383 e. The molecule has 0 aliphatic heterocycles. The van der Waals surface area contributed by atoms with E-state index in [1.807, 2.05) is 31.2 Å². The molecule has 19 heavy (non-hydrogen) atoms. The van der Waals surface area contributed by atoms with Crippen LogP contribution in [0.15, 0.2) is 46.2 Å². The Labute approximate surface area is 111 Å². The molecule has 2 rings (SSSR count). The smallest absolute Gasteiger partial charge is 0.316 e. The fourth-order valence-electron chi connectivity index (χ4n) is 1.85. The van der Waals surface area contributed by atoms with Crippen molar-refractivity contribution in [2.24, 2.45) is 7.05 Å². The van der Waals surface area contributed by atoms with Gasteiger partial charge in [0.25, 0.3) is 0 Å². The normalized spacial score (nSPS) is 10.4. The lowest BCUT2D eigenvalue weighted by molar-refractivity contribution is 0.656. The molecule has 0 atom stereocenters. The Morgan fingerprint density at radius 3 is 2.58 bits per heavy atom. The van der Waals surface area contributed by atoms with Gasteiger partial charge in [0.2, 0.25) is 0 Å². The maximum Gasteiger partial charge on any atom is 0.316 e. The molecule has 0 spiro atoms. The van der Waals surface area contributed by atoms with Gasteiger partial charge in [-0.1, -0.05) is 18.2 Å². The van der Waals surface area contributed by atoms with Crippen molar-refractivity contribution in [1.82, 2.24) is 9.13 Å². The van der Waals surface area contributed by atoms with Crippen LogP contribution in [0.1, 0.15) is 5.56 Å². The summed E-state index contributed by atoms with van der Waals surface area (Å²) >= 11 is 0. The molecule has 0 saturated heterocycles. The topological polar surface area (TPSA) is 56.0 Å². The third-order valence-electron chi connectivity index (χ3n) is 3.05. The molecule has 0 unspecified atom stereocenters. The number of hydrogen-bond donors (Lipinski definition) is 1. The summed E-state index contributed by atoms with van der Waals surface area (Å²) in [5, 5.41) is 3.25. The Bertz CT molecular complexity index is 686. The predicted molar refractivity (Wildman–Crippen MR) is 75.6 cm³/mol. The van der Waals surface area contributed by atoms with Crippen LogP contribution >= 0.6 is 0 Å². The minimum absolute atomic E-state index is 0.462. The highest BCUT2D eigenvalue weighted by atomic mass is 16.2. The van der Waals surface area contributed by atoms with Gasteiger partial charge in [0.05, 0.1) is 0 Å². The van der Waals surface area contributed by atoms with Gasteiger partial charge in [-0.15, -0.1) is 0 Å². The number of rotatable bonds is 4. The zero-order valence-corrected chi connectivity index (χ0v) is 11.1. The molecule has 0 bridgehead atoms. The van der Waals surface area contributed by atoms with Gasteiger partial charge in [-0.05, 0) is 18.6 Å². The van der Waals surface area contributed by atoms with E-state index in [4.69, 9.17) is 0 Å². The summed E-state index contributed by atoms with van der Waals surface area (Å²) in [5.41, 5.74) is 1.20. The highest BCUT2D eigenvalue weighted by molar-refractivity contribution is 5.50. The number of aromatic nitrogens is 2. The summed E-state index contributed by atoms with van der Waals surface area (Å²) in [4.78, 5) is 23.2. The van der Waals surface area contributed by atoms with Crippen LogP contribution in [0.3, 0.4) is 0 Å². The molecule has 0 aliphatic rings. The number of anilines is 1. The van der Waals surface area contributed by atoms with E-state index < -0.39 is 11.1 Å². The van der Waals surface area contributed by atoms with Gasteiger partial charge in [0.15, 0.2) is 0 Å². The summed E-state index contributed by atoms with van der Waals surface area (Å²) in [7, 11) is 1.57. The first-order valence-electron chi connectivity index (χ1n) is 6.15. The van der Waals surface area contributed by atoms with E-state index >= 15 is 0 Å². The van der Waals surface area contributed by atoms with Crippen LogP contribution < -0.4 is 16.4 Å². The zero-order chi connectivity index (χ0) is 13.8. The van der Waals surface area contributed by atoms with Crippen molar-refractivity contribution in [2.75, 3.05) is 11.9 Å². The van der Waals surface area contributed by atoms with E-state index in [9.17, 15) is 9.59 Å². The highest BCUT2D eigenvalue weighted by Gasteiger charge is 2.02. The molecule has 0 saturated carbocycles. The van der Waals surface area contributed by atoms with Gasteiger partial charge in [0, 0.05) is 38.2 Å². The minimum Gasteiger partial charge on any atom is -0.383 e. The lowest BCUT2D eigenvalue weighted by Crippen LogP contribution is -2.40. The Morgan fingerprint density at radius 2 is 1.84 bits per heavy atom. The molecule has 2 aromatic rings. The molecule has 0 radical (unpaired) electrons. The van der Waals surface area contributed by atoms with E-state index in [0.29, 0.717) is 13.1 Å². The molecule has 0 amide bonds. The Kier molecular flexibility index (Phi) is 3.85. The van der Waals surface area contributed by atoms with Crippen LogP contribution in [0.5, 0.6) is 0 Å². The van der Waals surface area contributed by atoms with Crippen LogP contribution in [-0.2, 0) is 13.6 Å². The van der Waals surface area contributed by atoms with Crippen LogP contribution in [0, 0.1) is 6.92 Å². The second-order valence-corrected chi connectivity index (χ2v) is 4.45. The van der Waals surface area contributed by atoms with Crippen molar-refractivity contribution in [1.29, 1.82) is 0 Å². The average Bonchev–Trinajstić information content (AvgIpc) is 2.41. The highest BCUT2D eigenvalue weighted by Crippen LogP contribution is 2.12. The molecular formula is C14H17N3O2. The summed E-state index contributed by atoms with van der Waals surface area (Å²) in [6, 6.07) is 7.95. The number of benzene rings is 1. The van der Waals surface area contributed by atoms with Crippen LogP contribution in [0.2, 0.25) is 0 Å². The molecule has 5 heteroatoms. The summed E-state index contributed by atoms with van der Waals surface area (Å²) in [5.74, 6) is 0. The van der Waals surface area contributed by atoms with E-state index in [1.165, 1.54) is 9.13 Å². The second kappa shape index (κ2) is 5.56. The Hall–Kier alpha value is -2.30. The van der Waals surface area contributed by atoms with Crippen molar-refractivity contribution in [2.45, 2.75) is 13.5 Å². The molecule has 1 aromatic carbocycles. The van der Waals surface area contributed by atoms with Gasteiger partial charge in [0.1, 0.15) is 0 Å². The molecule has 0 aliphatic carbocycles. The summed E-state index contributed by atoms with van der Waals surface area (Å²) < 4.78 is 2.71. The van der Waals surface area contributed by atoms with Gasteiger partial charge in [-0.2, -0.15) is 0 Å². The van der Waals surface area contributed by atoms with Crippen molar-refractivity contribution in [3.63, 3.8) is 0 Å². The van der Waals surface area contributed by atoms with Gasteiger partial charge >= 0.3 is 11.1 Å². The number of nitrogens with zero attached hydrogens (tertiary/aromatic N) is 2. The second-order valence-electron chi connectivity index (χ2n) is 4.45. The van der Waals surface area contributed by atoms with Crippen molar-refractivity contribution >= 4 is 5.69 Å². The van der Waals surface area contributed by atoms with E-state index in [-0.39, 0.29) is 0 Å². The van der Waals surface area contributed by atoms with Crippen molar-refractivity contribution in [3.05, 3.63) is 62.9 Å². The van der Waals surface area contributed by atoms with Crippen LogP contribution in [-0.4, -0.2) is 15.7 Å². The van der Waals surface area contributed by atoms with Crippen molar-refractivity contribution in [3.8, 4) is 0 Å². The number of nitrogens with one attached hydrogen (secondary N) is 1. The van der Waals surface area contributed by atoms with E-state index in [0.717, 1.165) is 11.3 Å². The maximum atomic E-state index is 11.7. The van der Waals surface area contributed by atoms with Crippen molar-refractivity contribution < 1.29 is 0 Å². The van der Waals surface area contributed by atoms with Crippen LogP contribution in [0.25, 0.3) is 0 Å². The van der Waals surface area contributed by atoms with Crippen LogP contribution in [0.4, 0.5) is 5.69 Å². The summed E-state index contributed by atoms with van der Waals surface area (Å²) in [6.45, 7) is 3.08.